The van der Waals surface area contributed by atoms with Crippen LogP contribution in [0.3, 0.4) is 0 Å². The smallest absolute Gasteiger partial charge is 0.267 e. The largest absolute Gasteiger partial charge is 0.283 e. The maximum absolute atomic E-state index is 12.6. The molecular formula is C16H10ClN5O2S. The number of amides is 1. The van der Waals surface area contributed by atoms with Gasteiger partial charge in [-0.3, -0.25) is 15.0 Å². The summed E-state index contributed by atoms with van der Waals surface area (Å²) in [6, 6.07) is 10.5. The molecule has 1 amide bonds. The van der Waals surface area contributed by atoms with Gasteiger partial charge in [-0.2, -0.15) is 5.10 Å². The lowest BCUT2D eigenvalue weighted by atomic mass is 10.3. The topological polar surface area (TPSA) is 81.8 Å². The van der Waals surface area contributed by atoms with Gasteiger partial charge in [-0.1, -0.05) is 23.7 Å². The Morgan fingerprint density at radius 2 is 2.12 bits per heavy atom. The molecule has 0 radical (unpaired) electrons. The quantitative estimate of drug-likeness (QED) is 0.600. The molecule has 0 atom stereocenters. The van der Waals surface area contributed by atoms with E-state index in [1.54, 1.807) is 35.7 Å². The van der Waals surface area contributed by atoms with Crippen molar-refractivity contribution in [1.29, 1.82) is 0 Å². The number of hydrogen-bond donors (Lipinski definition) is 1. The number of carbonyl (C=O) groups excluding carboxylic acids is 1. The zero-order chi connectivity index (χ0) is 17.4. The summed E-state index contributed by atoms with van der Waals surface area (Å²) in [5.41, 5.74) is 3.18. The van der Waals surface area contributed by atoms with Crippen LogP contribution in [-0.4, -0.2) is 25.3 Å². The first-order chi connectivity index (χ1) is 12.1. The highest BCUT2D eigenvalue weighted by Crippen LogP contribution is 2.17. The molecular weight excluding hydrogens is 362 g/mol. The summed E-state index contributed by atoms with van der Waals surface area (Å²) in [7, 11) is 0. The molecule has 9 heteroatoms. The van der Waals surface area contributed by atoms with Crippen LogP contribution in [0.4, 0.5) is 0 Å². The van der Waals surface area contributed by atoms with Gasteiger partial charge >= 0.3 is 0 Å². The van der Waals surface area contributed by atoms with Crippen molar-refractivity contribution in [3.8, 4) is 5.69 Å². The molecule has 0 unspecified atom stereocenters. The zero-order valence-electron chi connectivity index (χ0n) is 12.6. The molecule has 1 aromatic carbocycles. The van der Waals surface area contributed by atoms with Gasteiger partial charge in [0.1, 0.15) is 11.7 Å². The molecule has 25 heavy (non-hydrogen) atoms. The van der Waals surface area contributed by atoms with E-state index < -0.39 is 5.56 Å². The van der Waals surface area contributed by atoms with Crippen molar-refractivity contribution in [2.24, 2.45) is 0 Å². The van der Waals surface area contributed by atoms with E-state index in [9.17, 15) is 9.59 Å². The van der Waals surface area contributed by atoms with Crippen LogP contribution in [0.15, 0.2) is 59.1 Å². The number of hydrogen-bond acceptors (Lipinski definition) is 5. The molecule has 3 heterocycles. The fourth-order valence-corrected chi connectivity index (χ4v) is 3.16. The fourth-order valence-electron chi connectivity index (χ4n) is 2.36. The molecule has 0 aliphatic carbocycles. The number of aromatic nitrogens is 4. The second-order valence-electron chi connectivity index (χ2n) is 5.11. The molecule has 0 saturated carbocycles. The number of nitrogens with one attached hydrogen (secondary N) is 1. The van der Waals surface area contributed by atoms with E-state index in [0.717, 1.165) is 4.68 Å². The first-order valence-electron chi connectivity index (χ1n) is 7.20. The first kappa shape index (κ1) is 15.6. The van der Waals surface area contributed by atoms with Crippen LogP contribution in [-0.2, 0) is 0 Å². The van der Waals surface area contributed by atoms with E-state index in [4.69, 9.17) is 11.6 Å². The van der Waals surface area contributed by atoms with Gasteiger partial charge in [0, 0.05) is 5.02 Å². The molecule has 3 aromatic heterocycles. The van der Waals surface area contributed by atoms with Gasteiger partial charge in [0.05, 0.1) is 16.8 Å². The first-order valence-corrected chi connectivity index (χ1v) is 8.45. The zero-order valence-corrected chi connectivity index (χ0v) is 14.2. The summed E-state index contributed by atoms with van der Waals surface area (Å²) in [5.74, 6) is -0.375. The van der Waals surface area contributed by atoms with Gasteiger partial charge in [-0.15, -0.1) is 11.3 Å². The van der Waals surface area contributed by atoms with Crippen molar-refractivity contribution < 1.29 is 4.79 Å². The summed E-state index contributed by atoms with van der Waals surface area (Å²) in [4.78, 5) is 29.4. The lowest BCUT2D eigenvalue weighted by Gasteiger charge is -2.07. The number of carbonyl (C=O) groups is 1. The molecule has 7 nitrogen and oxygen atoms in total. The van der Waals surface area contributed by atoms with Crippen LogP contribution in [0.25, 0.3) is 16.7 Å². The van der Waals surface area contributed by atoms with Gasteiger partial charge in [-0.05, 0) is 29.6 Å². The second kappa shape index (κ2) is 6.15. The van der Waals surface area contributed by atoms with Crippen LogP contribution in [0, 0.1) is 0 Å². The fraction of sp³-hybridized carbons (Fsp3) is 0. The Bertz CT molecular complexity index is 1130. The van der Waals surface area contributed by atoms with Crippen molar-refractivity contribution in [1.82, 2.24) is 19.4 Å². The van der Waals surface area contributed by atoms with E-state index in [1.807, 2.05) is 6.07 Å². The van der Waals surface area contributed by atoms with Gasteiger partial charge in [-0.25, -0.2) is 14.3 Å². The predicted octanol–water partition coefficient (Wildman–Crippen LogP) is 2.68. The third-order valence-electron chi connectivity index (χ3n) is 3.51. The number of benzene rings is 1. The lowest BCUT2D eigenvalue weighted by molar-refractivity contribution is 0.101. The molecule has 124 valence electrons. The van der Waals surface area contributed by atoms with Gasteiger partial charge in [0.15, 0.2) is 5.65 Å². The van der Waals surface area contributed by atoms with Crippen LogP contribution in [0.1, 0.15) is 9.67 Å². The summed E-state index contributed by atoms with van der Waals surface area (Å²) in [5, 5.41) is 6.83. The maximum Gasteiger partial charge on any atom is 0.283 e. The molecule has 0 bridgehead atoms. The van der Waals surface area contributed by atoms with E-state index in [1.165, 1.54) is 28.5 Å². The Balaban J connectivity index is 1.75. The van der Waals surface area contributed by atoms with Crippen LogP contribution < -0.4 is 11.0 Å². The Hall–Kier alpha value is -2.97. The molecule has 4 rings (SSSR count). The lowest BCUT2D eigenvalue weighted by Crippen LogP contribution is -2.32. The van der Waals surface area contributed by atoms with Gasteiger partial charge < -0.3 is 0 Å². The monoisotopic (exact) mass is 371 g/mol. The summed E-state index contributed by atoms with van der Waals surface area (Å²) in [6.45, 7) is 0. The molecule has 0 aliphatic heterocycles. The minimum atomic E-state index is -0.414. The molecule has 0 aliphatic rings. The van der Waals surface area contributed by atoms with Gasteiger partial charge in [0.2, 0.25) is 0 Å². The highest BCUT2D eigenvalue weighted by molar-refractivity contribution is 7.12. The molecule has 4 aromatic rings. The summed E-state index contributed by atoms with van der Waals surface area (Å²) < 4.78 is 2.57. The van der Waals surface area contributed by atoms with E-state index in [-0.39, 0.29) is 11.3 Å². The number of rotatable bonds is 3. The molecule has 0 spiro atoms. The third-order valence-corrected chi connectivity index (χ3v) is 4.61. The minimum Gasteiger partial charge on any atom is -0.267 e. The number of fused-ring (bicyclic) bond motifs is 1. The standard InChI is InChI=1S/C16H10ClN5O2S/c17-10-3-1-4-11(7-10)22-14-12(8-19-22)16(24)21(9-18-14)20-15(23)13-5-2-6-25-13/h1-9H,(H,20,23). The van der Waals surface area contributed by atoms with Crippen LogP contribution in [0.2, 0.25) is 5.02 Å². The minimum absolute atomic E-state index is 0.286. The van der Waals surface area contributed by atoms with E-state index in [2.05, 4.69) is 15.5 Å². The normalized spacial score (nSPS) is 10.9. The predicted molar refractivity (Wildman–Crippen MR) is 96.1 cm³/mol. The summed E-state index contributed by atoms with van der Waals surface area (Å²) in [6.07, 6.45) is 2.68. The molecule has 0 saturated heterocycles. The van der Waals surface area contributed by atoms with Crippen molar-refractivity contribution in [3.63, 3.8) is 0 Å². The SMILES string of the molecule is O=C(Nn1cnc2c(cnn2-c2cccc(Cl)c2)c1=O)c1cccs1. The van der Waals surface area contributed by atoms with Crippen LogP contribution >= 0.6 is 22.9 Å². The van der Waals surface area contributed by atoms with Crippen LogP contribution in [0.5, 0.6) is 0 Å². The van der Waals surface area contributed by atoms with Gasteiger partial charge in [0.25, 0.3) is 11.5 Å². The van der Waals surface area contributed by atoms with Crippen molar-refractivity contribution >= 4 is 39.9 Å². The number of halogens is 1. The summed E-state index contributed by atoms with van der Waals surface area (Å²) >= 11 is 7.29. The maximum atomic E-state index is 12.6. The Morgan fingerprint density at radius 1 is 1.24 bits per heavy atom. The molecule has 0 fully saturated rings. The van der Waals surface area contributed by atoms with Crippen molar-refractivity contribution in [3.05, 3.63) is 74.6 Å². The number of nitrogens with zero attached hydrogens (tertiary/aromatic N) is 4. The highest BCUT2D eigenvalue weighted by atomic mass is 35.5. The second-order valence-corrected chi connectivity index (χ2v) is 6.50. The van der Waals surface area contributed by atoms with E-state index in [0.29, 0.717) is 21.2 Å². The highest BCUT2D eigenvalue weighted by Gasteiger charge is 2.14. The van der Waals surface area contributed by atoms with E-state index >= 15 is 0 Å². The Labute approximate surface area is 150 Å². The Morgan fingerprint density at radius 3 is 2.88 bits per heavy atom. The molecule has 1 N–H and O–H groups in total. The Kier molecular flexibility index (Phi) is 3.83. The van der Waals surface area contributed by atoms with Crippen molar-refractivity contribution in [2.75, 3.05) is 5.43 Å². The average molecular weight is 372 g/mol. The average Bonchev–Trinajstić information content (AvgIpc) is 3.27. The van der Waals surface area contributed by atoms with Crippen molar-refractivity contribution in [2.45, 2.75) is 0 Å². The third kappa shape index (κ3) is 2.81. The number of thiophene rings is 1.